The molecule has 1 saturated heterocycles. The van der Waals surface area contributed by atoms with Crippen LogP contribution in [0.1, 0.15) is 54.8 Å². The highest BCUT2D eigenvalue weighted by atomic mass is 32.1. The third-order valence-electron chi connectivity index (χ3n) is 8.93. The summed E-state index contributed by atoms with van der Waals surface area (Å²) in [6.45, 7) is 8.67. The molecule has 4 heterocycles. The minimum Gasteiger partial charge on any atom is -0.493 e. The Labute approximate surface area is 309 Å². The van der Waals surface area contributed by atoms with Gasteiger partial charge >= 0.3 is 0 Å². The molecule has 0 spiro atoms. The molecule has 3 aromatic rings. The summed E-state index contributed by atoms with van der Waals surface area (Å²) in [5.41, 5.74) is 8.69. The van der Waals surface area contributed by atoms with Crippen molar-refractivity contribution in [3.63, 3.8) is 0 Å². The maximum absolute atomic E-state index is 13.9. The zero-order chi connectivity index (χ0) is 37.4. The van der Waals surface area contributed by atoms with Crippen molar-refractivity contribution in [1.82, 2.24) is 25.1 Å². The predicted octanol–water partition coefficient (Wildman–Crippen LogP) is 3.95. The summed E-state index contributed by atoms with van der Waals surface area (Å²) in [7, 11) is 4.96. The predicted molar refractivity (Wildman–Crippen MR) is 207 cm³/mol. The average Bonchev–Trinajstić information content (AvgIpc) is 3.83. The van der Waals surface area contributed by atoms with Crippen molar-refractivity contribution in [3.05, 3.63) is 63.7 Å². The van der Waals surface area contributed by atoms with Gasteiger partial charge in [0, 0.05) is 52.0 Å². The van der Waals surface area contributed by atoms with Gasteiger partial charge in [-0.05, 0) is 76.1 Å². The van der Waals surface area contributed by atoms with Gasteiger partial charge in [0.1, 0.15) is 22.4 Å². The van der Waals surface area contributed by atoms with Crippen LogP contribution in [0.5, 0.6) is 11.5 Å². The molecular weight excluding hydrogens is 681 g/mol. The average molecular weight is 729 g/mol. The van der Waals surface area contributed by atoms with Gasteiger partial charge in [0.25, 0.3) is 0 Å². The number of amides is 2. The Hall–Kier alpha value is -5.15. The molecule has 2 aliphatic rings. The Morgan fingerprint density at radius 3 is 2.69 bits per heavy atom. The fourth-order valence-electron chi connectivity index (χ4n) is 6.24. The van der Waals surface area contributed by atoms with Gasteiger partial charge in [0.2, 0.25) is 11.8 Å². The number of hydrogen-bond acceptors (Lipinski definition) is 12. The maximum atomic E-state index is 13.9. The molecule has 0 unspecified atom stereocenters. The second-order valence-electron chi connectivity index (χ2n) is 12.8. The molecule has 0 radical (unpaired) electrons. The second kappa shape index (κ2) is 17.4. The molecule has 4 N–H and O–H groups in total. The Balaban J connectivity index is 1.19. The van der Waals surface area contributed by atoms with Crippen LogP contribution >= 0.6 is 11.3 Å². The number of aliphatic imine (C=N–C) groups is 2. The summed E-state index contributed by atoms with van der Waals surface area (Å²) in [6.07, 6.45) is 6.79. The quantitative estimate of drug-likeness (QED) is 0.174. The lowest BCUT2D eigenvalue weighted by atomic mass is 10.0. The highest BCUT2D eigenvalue weighted by Crippen LogP contribution is 2.31. The topological polar surface area (TPSA) is 175 Å². The Kier molecular flexibility index (Phi) is 12.7. The first-order valence-corrected chi connectivity index (χ1v) is 18.2. The van der Waals surface area contributed by atoms with Gasteiger partial charge in [-0.3, -0.25) is 34.8 Å². The molecule has 52 heavy (non-hydrogen) atoms. The van der Waals surface area contributed by atoms with Crippen LogP contribution in [0, 0.1) is 11.3 Å². The number of carbonyl (C=O) groups is 2. The molecule has 15 heteroatoms. The lowest BCUT2D eigenvalue weighted by Gasteiger charge is -2.28. The number of nitrogens with zero attached hydrogens (tertiary/aromatic N) is 7. The maximum Gasteiger partial charge on any atom is 0.237 e. The zero-order valence-electron chi connectivity index (χ0n) is 30.7. The molecule has 2 amide bonds. The first-order valence-electron chi connectivity index (χ1n) is 17.4. The van der Waals surface area contributed by atoms with E-state index in [1.54, 1.807) is 80.3 Å². The molecule has 0 bridgehead atoms. The fraction of sp³-hybridized carbons (Fsp3) is 0.432. The van der Waals surface area contributed by atoms with Gasteiger partial charge in [-0.15, -0.1) is 11.3 Å². The van der Waals surface area contributed by atoms with E-state index in [4.69, 9.17) is 25.6 Å². The number of nitrogens with two attached hydrogens (primary N) is 1. The van der Waals surface area contributed by atoms with Crippen LogP contribution in [-0.4, -0.2) is 116 Å². The third-order valence-corrected chi connectivity index (χ3v) is 10.0. The highest BCUT2D eigenvalue weighted by Gasteiger charge is 2.34. The lowest BCUT2D eigenvalue weighted by molar-refractivity contribution is -0.132. The van der Waals surface area contributed by atoms with Crippen LogP contribution in [-0.2, 0) is 9.59 Å². The van der Waals surface area contributed by atoms with Crippen LogP contribution in [0.15, 0.2) is 52.6 Å². The van der Waals surface area contributed by atoms with Crippen molar-refractivity contribution in [2.24, 2.45) is 15.9 Å². The number of benzene rings is 1. The summed E-state index contributed by atoms with van der Waals surface area (Å²) >= 11 is 1.56. The van der Waals surface area contributed by atoms with E-state index in [-0.39, 0.29) is 41.8 Å². The van der Waals surface area contributed by atoms with Gasteiger partial charge in [-0.1, -0.05) is 6.08 Å². The highest BCUT2D eigenvalue weighted by molar-refractivity contribution is 7.14. The monoisotopic (exact) mass is 728 g/mol. The van der Waals surface area contributed by atoms with E-state index in [0.717, 1.165) is 15.5 Å². The number of methoxy groups -OCH3 is 1. The van der Waals surface area contributed by atoms with Crippen LogP contribution in [0.25, 0.3) is 5.57 Å². The number of anilines is 2. The van der Waals surface area contributed by atoms with E-state index in [2.05, 4.69) is 31.3 Å². The first kappa shape index (κ1) is 38.1. The van der Waals surface area contributed by atoms with Gasteiger partial charge in [0.15, 0.2) is 11.5 Å². The number of ether oxygens (including phenoxy) is 2. The van der Waals surface area contributed by atoms with Crippen molar-refractivity contribution in [2.45, 2.75) is 39.7 Å². The van der Waals surface area contributed by atoms with Crippen LogP contribution in [0.4, 0.5) is 11.5 Å². The fourth-order valence-corrected chi connectivity index (χ4v) is 7.22. The molecule has 2 aliphatic heterocycles. The second-order valence-corrected chi connectivity index (χ2v) is 13.8. The summed E-state index contributed by atoms with van der Waals surface area (Å²) in [4.78, 5) is 51.2. The first-order chi connectivity index (χ1) is 25.1. The molecule has 5 rings (SSSR count). The molecule has 276 valence electrons. The summed E-state index contributed by atoms with van der Waals surface area (Å²) in [6, 6.07) is 8.65. The van der Waals surface area contributed by atoms with Crippen LogP contribution in [0.2, 0.25) is 0 Å². The molecule has 1 fully saturated rings. The Bertz CT molecular complexity index is 1870. The largest absolute Gasteiger partial charge is 0.493 e. The molecule has 14 nitrogen and oxygen atoms in total. The molecule has 0 saturated carbocycles. The Morgan fingerprint density at radius 2 is 2.02 bits per heavy atom. The smallest absolute Gasteiger partial charge is 0.237 e. The van der Waals surface area contributed by atoms with E-state index in [1.165, 1.54) is 0 Å². The summed E-state index contributed by atoms with van der Waals surface area (Å²) < 4.78 is 11.3. The van der Waals surface area contributed by atoms with Crippen molar-refractivity contribution >= 4 is 58.1 Å². The number of pyridine rings is 1. The molecule has 0 aliphatic carbocycles. The number of aromatic nitrogens is 2. The van der Waals surface area contributed by atoms with Crippen molar-refractivity contribution < 1.29 is 19.1 Å². The summed E-state index contributed by atoms with van der Waals surface area (Å²) in [5, 5.41) is 12.9. The SMILES string of the molecule is CCN(C(=O)[C@@H]1CCN(CC(=O)N2CC=C(c3ncc(C(=NC)NC=NC)s3)CC2)C1)c1ccc(N)c(C(=N)c2ccc(OC(C)C)c(OC)c2)n1. The number of nitrogens with one attached hydrogen (secondary N) is 2. The van der Waals surface area contributed by atoms with E-state index < -0.39 is 0 Å². The number of nitrogen functional groups attached to an aromatic ring is 1. The third kappa shape index (κ3) is 8.83. The van der Waals surface area contributed by atoms with Gasteiger partial charge < -0.3 is 25.4 Å². The number of amidine groups is 1. The minimum atomic E-state index is -0.283. The number of carbonyl (C=O) groups excluding carboxylic acids is 2. The summed E-state index contributed by atoms with van der Waals surface area (Å²) in [5.74, 6) is 1.91. The zero-order valence-corrected chi connectivity index (χ0v) is 31.5. The van der Waals surface area contributed by atoms with Gasteiger partial charge in [-0.2, -0.15) is 0 Å². The number of hydrogen-bond donors (Lipinski definition) is 3. The van der Waals surface area contributed by atoms with Crippen molar-refractivity contribution in [1.29, 1.82) is 5.41 Å². The lowest BCUT2D eigenvalue weighted by Crippen LogP contribution is -2.42. The number of thiazole rings is 1. The van der Waals surface area contributed by atoms with Gasteiger partial charge in [-0.25, -0.2) is 9.97 Å². The Morgan fingerprint density at radius 1 is 1.21 bits per heavy atom. The van der Waals surface area contributed by atoms with Crippen LogP contribution < -0.4 is 25.4 Å². The van der Waals surface area contributed by atoms with E-state index in [1.807, 2.05) is 25.7 Å². The minimum absolute atomic E-state index is 0.0381. The number of rotatable bonds is 13. The number of likely N-dealkylation sites (tertiary alicyclic amines) is 1. The molecule has 1 atom stereocenters. The van der Waals surface area contributed by atoms with Crippen LogP contribution in [0.3, 0.4) is 0 Å². The van der Waals surface area contributed by atoms with Gasteiger partial charge in [0.05, 0.1) is 48.3 Å². The van der Waals surface area contributed by atoms with E-state index in [0.29, 0.717) is 80.0 Å². The standard InChI is InChI=1S/C37H48N10O4S/c1-7-47(31-11-9-27(38)34(44-31)33(39)25-8-10-28(51-23(2)3)29(18-25)50-6)37(49)26-12-15-45(20-26)21-32(48)46-16-13-24(14-17-46)36-42-19-30(52-36)35(41-5)43-22-40-4/h8-11,13,18-19,22-23,26,39H,7,12,14-17,20-21,38H2,1-6H3,(H,40,41,43)/t26-/m1/s1. The molecular formula is C37H48N10O4S. The van der Waals surface area contributed by atoms with E-state index >= 15 is 0 Å². The van der Waals surface area contributed by atoms with E-state index in [9.17, 15) is 9.59 Å². The normalized spacial score (nSPS) is 16.7. The molecule has 2 aromatic heterocycles. The van der Waals surface area contributed by atoms with Crippen molar-refractivity contribution in [3.8, 4) is 11.5 Å². The molecule has 1 aromatic carbocycles. The van der Waals surface area contributed by atoms with Crippen molar-refractivity contribution in [2.75, 3.05) is 71.1 Å².